The monoisotopic (exact) mass is 341 g/mol. The minimum Gasteiger partial charge on any atom is -0.483 e. The molecule has 0 heterocycles. The van der Waals surface area contributed by atoms with Gasteiger partial charge in [0.15, 0.2) is 6.61 Å². The van der Waals surface area contributed by atoms with Gasteiger partial charge in [0, 0.05) is 17.5 Å². The zero-order chi connectivity index (χ0) is 18.3. The van der Waals surface area contributed by atoms with E-state index in [0.29, 0.717) is 12.2 Å². The van der Waals surface area contributed by atoms with Gasteiger partial charge in [-0.1, -0.05) is 48.5 Å². The van der Waals surface area contributed by atoms with Gasteiger partial charge in [-0.25, -0.2) is 0 Å². The number of amides is 1. The van der Waals surface area contributed by atoms with Gasteiger partial charge in [-0.3, -0.25) is 9.59 Å². The lowest BCUT2D eigenvalue weighted by molar-refractivity contribution is -0.138. The molecule has 2 aromatic carbocycles. The van der Waals surface area contributed by atoms with Gasteiger partial charge in [-0.05, 0) is 31.9 Å². The first-order valence-corrected chi connectivity index (χ1v) is 8.17. The number of benzene rings is 2. The van der Waals surface area contributed by atoms with E-state index < -0.39 is 11.5 Å². The van der Waals surface area contributed by atoms with Crippen LogP contribution in [-0.2, 0) is 9.59 Å². The molecule has 0 saturated heterocycles. The third-order valence-corrected chi connectivity index (χ3v) is 3.77. The summed E-state index contributed by atoms with van der Waals surface area (Å²) < 4.78 is 5.70. The Bertz CT molecular complexity index is 725. The predicted octanol–water partition coefficient (Wildman–Crippen LogP) is 3.49. The number of para-hydroxylation sites is 1. The highest BCUT2D eigenvalue weighted by Crippen LogP contribution is 2.29. The van der Waals surface area contributed by atoms with E-state index >= 15 is 0 Å². The van der Waals surface area contributed by atoms with Crippen molar-refractivity contribution in [3.8, 4) is 16.9 Å². The Morgan fingerprint density at radius 1 is 1.04 bits per heavy atom. The molecule has 0 fully saturated rings. The van der Waals surface area contributed by atoms with Crippen LogP contribution in [0.25, 0.3) is 11.1 Å². The summed E-state index contributed by atoms with van der Waals surface area (Å²) in [7, 11) is 0. The van der Waals surface area contributed by atoms with Crippen LogP contribution in [0.5, 0.6) is 5.75 Å². The molecule has 132 valence electrons. The maximum absolute atomic E-state index is 12.1. The van der Waals surface area contributed by atoms with Crippen molar-refractivity contribution in [1.29, 1.82) is 0 Å². The number of carbonyl (C=O) groups excluding carboxylic acids is 1. The van der Waals surface area contributed by atoms with Crippen LogP contribution in [0.15, 0.2) is 54.6 Å². The SMILES string of the molecule is CC(C)(CCC(=O)O)NC(=O)COc1ccccc1-c1ccccc1. The Balaban J connectivity index is 1.98. The third-order valence-electron chi connectivity index (χ3n) is 3.77. The fraction of sp³-hybridized carbons (Fsp3) is 0.300. The Hall–Kier alpha value is -2.82. The Morgan fingerprint density at radius 3 is 2.36 bits per heavy atom. The first-order chi connectivity index (χ1) is 11.9. The molecule has 0 saturated carbocycles. The Morgan fingerprint density at radius 2 is 1.68 bits per heavy atom. The van der Waals surface area contributed by atoms with Crippen molar-refractivity contribution in [3.05, 3.63) is 54.6 Å². The van der Waals surface area contributed by atoms with E-state index in [9.17, 15) is 9.59 Å². The molecule has 0 radical (unpaired) electrons. The van der Waals surface area contributed by atoms with Gasteiger partial charge < -0.3 is 15.2 Å². The average Bonchev–Trinajstić information content (AvgIpc) is 2.59. The number of aliphatic carboxylic acids is 1. The smallest absolute Gasteiger partial charge is 0.303 e. The van der Waals surface area contributed by atoms with Gasteiger partial charge in [-0.2, -0.15) is 0 Å². The molecule has 0 aliphatic rings. The summed E-state index contributed by atoms with van der Waals surface area (Å²) in [5.74, 6) is -0.527. The van der Waals surface area contributed by atoms with Crippen LogP contribution in [0, 0.1) is 0 Å². The van der Waals surface area contributed by atoms with Crippen LogP contribution in [0.2, 0.25) is 0 Å². The van der Waals surface area contributed by atoms with Crippen molar-refractivity contribution < 1.29 is 19.4 Å². The summed E-state index contributed by atoms with van der Waals surface area (Å²) in [6.07, 6.45) is 0.361. The number of carboxylic acid groups (broad SMARTS) is 1. The van der Waals surface area contributed by atoms with Crippen LogP contribution < -0.4 is 10.1 Å². The lowest BCUT2D eigenvalue weighted by Crippen LogP contribution is -2.45. The normalized spacial score (nSPS) is 11.0. The number of ether oxygens (including phenoxy) is 1. The molecule has 0 aliphatic heterocycles. The van der Waals surface area contributed by atoms with Gasteiger partial charge >= 0.3 is 5.97 Å². The minimum absolute atomic E-state index is 0.00494. The first kappa shape index (κ1) is 18.5. The van der Waals surface area contributed by atoms with Crippen molar-refractivity contribution in [1.82, 2.24) is 5.32 Å². The number of carbonyl (C=O) groups is 2. The largest absolute Gasteiger partial charge is 0.483 e. The maximum Gasteiger partial charge on any atom is 0.303 e. The minimum atomic E-state index is -0.879. The van der Waals surface area contributed by atoms with Crippen molar-refractivity contribution >= 4 is 11.9 Å². The predicted molar refractivity (Wildman–Crippen MR) is 96.5 cm³/mol. The van der Waals surface area contributed by atoms with Gasteiger partial charge in [0.1, 0.15) is 5.75 Å². The van der Waals surface area contributed by atoms with Crippen molar-refractivity contribution in [2.24, 2.45) is 0 Å². The van der Waals surface area contributed by atoms with Gasteiger partial charge in [0.05, 0.1) is 0 Å². The number of carboxylic acids is 1. The molecule has 2 N–H and O–H groups in total. The summed E-state index contributed by atoms with van der Waals surface area (Å²) in [6.45, 7) is 3.47. The highest BCUT2D eigenvalue weighted by molar-refractivity contribution is 5.79. The van der Waals surface area contributed by atoms with Crippen LogP contribution in [0.3, 0.4) is 0 Å². The summed E-state index contributed by atoms with van der Waals surface area (Å²) >= 11 is 0. The number of hydrogen-bond acceptors (Lipinski definition) is 3. The molecular formula is C20H23NO4. The van der Waals surface area contributed by atoms with Crippen molar-refractivity contribution in [3.63, 3.8) is 0 Å². The quantitative estimate of drug-likeness (QED) is 0.771. The molecule has 0 spiro atoms. The summed E-state index contributed by atoms with van der Waals surface area (Å²) in [6, 6.07) is 17.4. The second-order valence-electron chi connectivity index (χ2n) is 6.48. The van der Waals surface area contributed by atoms with Gasteiger partial charge in [0.2, 0.25) is 0 Å². The van der Waals surface area contributed by atoms with Crippen LogP contribution in [0.1, 0.15) is 26.7 Å². The van der Waals surface area contributed by atoms with Crippen LogP contribution in [0.4, 0.5) is 0 Å². The second-order valence-corrected chi connectivity index (χ2v) is 6.48. The third kappa shape index (κ3) is 5.95. The van der Waals surface area contributed by atoms with E-state index in [1.54, 1.807) is 13.8 Å². The molecular weight excluding hydrogens is 318 g/mol. The topological polar surface area (TPSA) is 75.6 Å². The van der Waals surface area contributed by atoms with Gasteiger partial charge in [0.25, 0.3) is 5.91 Å². The maximum atomic E-state index is 12.1. The van der Waals surface area contributed by atoms with Crippen molar-refractivity contribution in [2.45, 2.75) is 32.2 Å². The molecule has 0 unspecified atom stereocenters. The first-order valence-electron chi connectivity index (χ1n) is 8.17. The van der Waals surface area contributed by atoms with Crippen molar-refractivity contribution in [2.75, 3.05) is 6.61 Å². The summed E-state index contributed by atoms with van der Waals surface area (Å²) in [4.78, 5) is 22.8. The van der Waals surface area contributed by atoms with E-state index in [-0.39, 0.29) is 18.9 Å². The van der Waals surface area contributed by atoms with E-state index in [1.165, 1.54) is 0 Å². The molecule has 2 aromatic rings. The van der Waals surface area contributed by atoms with E-state index in [2.05, 4.69) is 5.32 Å². The molecule has 5 nitrogen and oxygen atoms in total. The molecule has 0 aliphatic carbocycles. The summed E-state index contributed by atoms with van der Waals surface area (Å²) in [5, 5.41) is 11.6. The van der Waals surface area contributed by atoms with Gasteiger partial charge in [-0.15, -0.1) is 0 Å². The van der Waals surface area contributed by atoms with Crippen LogP contribution in [-0.4, -0.2) is 29.1 Å². The lowest BCUT2D eigenvalue weighted by atomic mass is 9.98. The molecule has 1 amide bonds. The molecule has 5 heteroatoms. The standard InChI is InChI=1S/C20H23NO4/c1-20(2,13-12-19(23)24)21-18(22)14-25-17-11-7-6-10-16(17)15-8-4-3-5-9-15/h3-11H,12-14H2,1-2H3,(H,21,22)(H,23,24). The molecule has 0 bridgehead atoms. The number of rotatable bonds is 8. The highest BCUT2D eigenvalue weighted by Gasteiger charge is 2.21. The molecule has 25 heavy (non-hydrogen) atoms. The second kappa shape index (κ2) is 8.33. The van der Waals surface area contributed by atoms with E-state index in [1.807, 2.05) is 54.6 Å². The molecule has 2 rings (SSSR count). The number of hydrogen-bond donors (Lipinski definition) is 2. The Kier molecular flexibility index (Phi) is 6.17. The zero-order valence-corrected chi connectivity index (χ0v) is 14.5. The zero-order valence-electron chi connectivity index (χ0n) is 14.5. The Labute approximate surface area is 147 Å². The van der Waals surface area contributed by atoms with E-state index in [4.69, 9.17) is 9.84 Å². The fourth-order valence-electron chi connectivity index (χ4n) is 2.49. The lowest BCUT2D eigenvalue weighted by Gasteiger charge is -2.25. The molecule has 0 atom stereocenters. The summed E-state index contributed by atoms with van der Waals surface area (Å²) in [5.41, 5.74) is 1.33. The molecule has 0 aromatic heterocycles. The average molecular weight is 341 g/mol. The fourth-order valence-corrected chi connectivity index (χ4v) is 2.49. The van der Waals surface area contributed by atoms with Crippen LogP contribution >= 0.6 is 0 Å². The highest BCUT2D eigenvalue weighted by atomic mass is 16.5. The van der Waals surface area contributed by atoms with E-state index in [0.717, 1.165) is 11.1 Å². The number of nitrogens with one attached hydrogen (secondary N) is 1.